The standard InChI is InChI=1S/C23H28N2O3/c26-23(20-10-16-27-17-11-20)25-14-12-24(13-15-25)21-6-8-22(9-7-21)28-18-19-4-2-1-3-5-19/h1-9,20H,10-18H2. The third-order valence-electron chi connectivity index (χ3n) is 5.61. The van der Waals surface area contributed by atoms with Crippen LogP contribution in [-0.2, 0) is 16.1 Å². The Kier molecular flexibility index (Phi) is 6.12. The highest BCUT2D eigenvalue weighted by atomic mass is 16.5. The van der Waals surface area contributed by atoms with Crippen LogP contribution in [0.1, 0.15) is 18.4 Å². The summed E-state index contributed by atoms with van der Waals surface area (Å²) in [5, 5.41) is 0. The van der Waals surface area contributed by atoms with Crippen LogP contribution in [0.4, 0.5) is 5.69 Å². The molecule has 2 heterocycles. The van der Waals surface area contributed by atoms with Gasteiger partial charge in [-0.05, 0) is 42.7 Å². The number of amides is 1. The van der Waals surface area contributed by atoms with E-state index in [2.05, 4.69) is 29.2 Å². The monoisotopic (exact) mass is 380 g/mol. The van der Waals surface area contributed by atoms with Crippen molar-refractivity contribution in [3.05, 3.63) is 60.2 Å². The summed E-state index contributed by atoms with van der Waals surface area (Å²) in [6.45, 7) is 5.35. The number of carbonyl (C=O) groups excluding carboxylic acids is 1. The van der Waals surface area contributed by atoms with Crippen LogP contribution < -0.4 is 9.64 Å². The summed E-state index contributed by atoms with van der Waals surface area (Å²) in [5.74, 6) is 1.34. The molecule has 2 aromatic rings. The van der Waals surface area contributed by atoms with E-state index in [0.29, 0.717) is 12.5 Å². The van der Waals surface area contributed by atoms with Gasteiger partial charge in [0, 0.05) is 51.0 Å². The lowest BCUT2D eigenvalue weighted by Crippen LogP contribution is -2.51. The highest BCUT2D eigenvalue weighted by Crippen LogP contribution is 2.23. The number of ether oxygens (including phenoxy) is 2. The number of piperazine rings is 1. The Balaban J connectivity index is 1.27. The van der Waals surface area contributed by atoms with Gasteiger partial charge in [0.2, 0.25) is 5.91 Å². The molecular formula is C23H28N2O3. The minimum absolute atomic E-state index is 0.154. The molecule has 5 heteroatoms. The molecule has 0 spiro atoms. The van der Waals surface area contributed by atoms with Gasteiger partial charge < -0.3 is 19.3 Å². The van der Waals surface area contributed by atoms with Crippen LogP contribution in [0.2, 0.25) is 0 Å². The van der Waals surface area contributed by atoms with Gasteiger partial charge in [-0.25, -0.2) is 0 Å². The van der Waals surface area contributed by atoms with Crippen LogP contribution in [0.3, 0.4) is 0 Å². The van der Waals surface area contributed by atoms with Gasteiger partial charge >= 0.3 is 0 Å². The Bertz CT molecular complexity index is 749. The first-order chi connectivity index (χ1) is 13.8. The maximum absolute atomic E-state index is 12.7. The Labute approximate surface area is 166 Å². The molecule has 0 unspecified atom stereocenters. The number of nitrogens with zero attached hydrogens (tertiary/aromatic N) is 2. The second kappa shape index (κ2) is 9.11. The largest absolute Gasteiger partial charge is 0.489 e. The minimum atomic E-state index is 0.154. The molecule has 0 aromatic heterocycles. The van der Waals surface area contributed by atoms with E-state index in [1.54, 1.807) is 0 Å². The van der Waals surface area contributed by atoms with Crippen molar-refractivity contribution in [1.82, 2.24) is 4.90 Å². The summed E-state index contributed by atoms with van der Waals surface area (Å²) in [6.07, 6.45) is 1.73. The summed E-state index contributed by atoms with van der Waals surface area (Å²) < 4.78 is 11.2. The number of carbonyl (C=O) groups is 1. The first-order valence-electron chi connectivity index (χ1n) is 10.2. The van der Waals surface area contributed by atoms with E-state index < -0.39 is 0 Å². The molecule has 0 N–H and O–H groups in total. The van der Waals surface area contributed by atoms with E-state index in [1.165, 1.54) is 5.69 Å². The Morgan fingerprint density at radius 2 is 1.61 bits per heavy atom. The lowest BCUT2D eigenvalue weighted by Gasteiger charge is -2.38. The normalized spacial score (nSPS) is 18.1. The predicted molar refractivity (Wildman–Crippen MR) is 110 cm³/mol. The molecule has 0 bridgehead atoms. The van der Waals surface area contributed by atoms with Gasteiger partial charge in [-0.15, -0.1) is 0 Å². The first kappa shape index (κ1) is 18.8. The number of anilines is 1. The fraction of sp³-hybridized carbons (Fsp3) is 0.435. The van der Waals surface area contributed by atoms with Crippen molar-refractivity contribution < 1.29 is 14.3 Å². The third kappa shape index (κ3) is 4.65. The molecule has 1 amide bonds. The second-order valence-electron chi connectivity index (χ2n) is 7.47. The van der Waals surface area contributed by atoms with Crippen LogP contribution in [0.5, 0.6) is 5.75 Å². The number of hydrogen-bond acceptors (Lipinski definition) is 4. The van der Waals surface area contributed by atoms with Gasteiger partial charge in [0.05, 0.1) is 0 Å². The topological polar surface area (TPSA) is 42.0 Å². The van der Waals surface area contributed by atoms with Gasteiger partial charge in [0.25, 0.3) is 0 Å². The summed E-state index contributed by atoms with van der Waals surface area (Å²) >= 11 is 0. The van der Waals surface area contributed by atoms with E-state index in [4.69, 9.17) is 9.47 Å². The van der Waals surface area contributed by atoms with E-state index in [9.17, 15) is 4.79 Å². The lowest BCUT2D eigenvalue weighted by atomic mass is 9.98. The molecule has 2 aromatic carbocycles. The van der Waals surface area contributed by atoms with Crippen molar-refractivity contribution in [3.8, 4) is 5.75 Å². The quantitative estimate of drug-likeness (QED) is 0.798. The average molecular weight is 380 g/mol. The highest BCUT2D eigenvalue weighted by molar-refractivity contribution is 5.79. The van der Waals surface area contributed by atoms with Crippen molar-refractivity contribution in [2.24, 2.45) is 5.92 Å². The predicted octanol–water partition coefficient (Wildman–Crippen LogP) is 3.34. The molecule has 0 aliphatic carbocycles. The maximum atomic E-state index is 12.7. The summed E-state index contributed by atoms with van der Waals surface area (Å²) in [4.78, 5) is 17.0. The van der Waals surface area contributed by atoms with Gasteiger partial charge in [0.15, 0.2) is 0 Å². The van der Waals surface area contributed by atoms with Crippen LogP contribution >= 0.6 is 0 Å². The van der Waals surface area contributed by atoms with E-state index in [1.807, 2.05) is 35.2 Å². The van der Waals surface area contributed by atoms with Gasteiger partial charge in [-0.2, -0.15) is 0 Å². The van der Waals surface area contributed by atoms with Crippen molar-refractivity contribution >= 4 is 11.6 Å². The molecule has 28 heavy (non-hydrogen) atoms. The molecular weight excluding hydrogens is 352 g/mol. The summed E-state index contributed by atoms with van der Waals surface area (Å²) in [6, 6.07) is 18.4. The molecule has 2 aliphatic rings. The molecule has 4 rings (SSSR count). The number of rotatable bonds is 5. The Morgan fingerprint density at radius 1 is 0.929 bits per heavy atom. The van der Waals surface area contributed by atoms with Crippen molar-refractivity contribution in [3.63, 3.8) is 0 Å². The molecule has 0 radical (unpaired) electrons. The van der Waals surface area contributed by atoms with Crippen LogP contribution in [0.25, 0.3) is 0 Å². The highest BCUT2D eigenvalue weighted by Gasteiger charge is 2.28. The zero-order valence-corrected chi connectivity index (χ0v) is 16.3. The van der Waals surface area contributed by atoms with E-state index in [0.717, 1.165) is 63.5 Å². The maximum Gasteiger partial charge on any atom is 0.225 e. The second-order valence-corrected chi connectivity index (χ2v) is 7.47. The SMILES string of the molecule is O=C(C1CCOCC1)N1CCN(c2ccc(OCc3ccccc3)cc2)CC1. The zero-order chi connectivity index (χ0) is 19.2. The summed E-state index contributed by atoms with van der Waals surface area (Å²) in [5.41, 5.74) is 2.35. The van der Waals surface area contributed by atoms with Crippen molar-refractivity contribution in [1.29, 1.82) is 0 Å². The Hall–Kier alpha value is -2.53. The van der Waals surface area contributed by atoms with Crippen LogP contribution in [0, 0.1) is 5.92 Å². The molecule has 0 saturated carbocycles. The lowest BCUT2D eigenvalue weighted by molar-refractivity contribution is -0.138. The van der Waals surface area contributed by atoms with Gasteiger partial charge in [0.1, 0.15) is 12.4 Å². The fourth-order valence-electron chi connectivity index (χ4n) is 3.88. The average Bonchev–Trinajstić information content (AvgIpc) is 2.79. The minimum Gasteiger partial charge on any atom is -0.489 e. The third-order valence-corrected chi connectivity index (χ3v) is 5.61. The first-order valence-corrected chi connectivity index (χ1v) is 10.2. The van der Waals surface area contributed by atoms with E-state index >= 15 is 0 Å². The number of hydrogen-bond donors (Lipinski definition) is 0. The van der Waals surface area contributed by atoms with Crippen molar-refractivity contribution in [2.45, 2.75) is 19.4 Å². The number of benzene rings is 2. The van der Waals surface area contributed by atoms with Crippen LogP contribution in [-0.4, -0.2) is 50.2 Å². The molecule has 2 saturated heterocycles. The smallest absolute Gasteiger partial charge is 0.225 e. The van der Waals surface area contributed by atoms with Crippen LogP contribution in [0.15, 0.2) is 54.6 Å². The zero-order valence-electron chi connectivity index (χ0n) is 16.3. The molecule has 0 atom stereocenters. The molecule has 148 valence electrons. The van der Waals surface area contributed by atoms with E-state index in [-0.39, 0.29) is 5.92 Å². The summed E-state index contributed by atoms with van der Waals surface area (Å²) in [7, 11) is 0. The van der Waals surface area contributed by atoms with Gasteiger partial charge in [-0.1, -0.05) is 30.3 Å². The fourth-order valence-corrected chi connectivity index (χ4v) is 3.88. The molecule has 5 nitrogen and oxygen atoms in total. The molecule has 2 fully saturated rings. The van der Waals surface area contributed by atoms with Gasteiger partial charge in [-0.3, -0.25) is 4.79 Å². The molecule has 2 aliphatic heterocycles. The van der Waals surface area contributed by atoms with Crippen molar-refractivity contribution in [2.75, 3.05) is 44.3 Å². The Morgan fingerprint density at radius 3 is 2.29 bits per heavy atom.